The summed E-state index contributed by atoms with van der Waals surface area (Å²) in [6.45, 7) is 7.14. The van der Waals surface area contributed by atoms with E-state index in [2.05, 4.69) is 37.9 Å². The second kappa shape index (κ2) is 5.24. The highest BCUT2D eigenvalue weighted by molar-refractivity contribution is 6.30. The Balaban J connectivity index is 1.66. The fourth-order valence-electron chi connectivity index (χ4n) is 4.20. The number of rotatable bonds is 4. The monoisotopic (exact) mass is 308 g/mol. The predicted octanol–water partition coefficient (Wildman–Crippen LogP) is 2.91. The summed E-state index contributed by atoms with van der Waals surface area (Å²) in [6.07, 6.45) is 1.44. The van der Waals surface area contributed by atoms with Gasteiger partial charge in [0.15, 0.2) is 0 Å². The highest BCUT2D eigenvalue weighted by Gasteiger charge is 2.67. The standard InChI is InChI=1S/C17H25ClN2O/c1-16(2)15-14(8-9-21-15)17(16,19)11-20(3)10-12-4-6-13(18)7-5-12/h4-7,14-15H,8-11,19H2,1-3H3. The van der Waals surface area contributed by atoms with Crippen LogP contribution in [0.1, 0.15) is 25.8 Å². The number of nitrogens with zero attached hydrogens (tertiary/aromatic N) is 1. The van der Waals surface area contributed by atoms with Crippen LogP contribution in [0.15, 0.2) is 24.3 Å². The topological polar surface area (TPSA) is 38.5 Å². The lowest BCUT2D eigenvalue weighted by atomic mass is 9.48. The molecule has 0 bridgehead atoms. The number of likely N-dealkylation sites (N-methyl/N-ethyl adjacent to an activating group) is 1. The Morgan fingerprint density at radius 3 is 2.67 bits per heavy atom. The van der Waals surface area contributed by atoms with Crippen LogP contribution < -0.4 is 5.73 Å². The van der Waals surface area contributed by atoms with Crippen molar-refractivity contribution in [3.63, 3.8) is 0 Å². The Labute approximate surface area is 132 Å². The quantitative estimate of drug-likeness (QED) is 0.929. The van der Waals surface area contributed by atoms with Crippen LogP contribution in [-0.2, 0) is 11.3 Å². The largest absolute Gasteiger partial charge is 0.377 e. The maximum absolute atomic E-state index is 6.80. The molecular formula is C17H25ClN2O. The molecule has 0 radical (unpaired) electrons. The van der Waals surface area contributed by atoms with Crippen LogP contribution >= 0.6 is 11.6 Å². The molecule has 3 atom stereocenters. The summed E-state index contributed by atoms with van der Waals surface area (Å²) in [5, 5.41) is 0.780. The number of hydrogen-bond acceptors (Lipinski definition) is 3. The van der Waals surface area contributed by atoms with E-state index in [0.29, 0.717) is 12.0 Å². The Morgan fingerprint density at radius 2 is 2.00 bits per heavy atom. The van der Waals surface area contributed by atoms with E-state index in [-0.39, 0.29) is 11.0 Å². The molecule has 0 amide bonds. The number of benzene rings is 1. The van der Waals surface area contributed by atoms with Crippen molar-refractivity contribution in [1.29, 1.82) is 0 Å². The minimum atomic E-state index is -0.157. The first-order valence-corrected chi connectivity index (χ1v) is 8.06. The molecule has 3 nitrogen and oxygen atoms in total. The average Bonchev–Trinajstić information content (AvgIpc) is 2.89. The van der Waals surface area contributed by atoms with Crippen LogP contribution in [0.5, 0.6) is 0 Å². The van der Waals surface area contributed by atoms with Crippen LogP contribution in [0.25, 0.3) is 0 Å². The smallest absolute Gasteiger partial charge is 0.0691 e. The third-order valence-corrected chi connectivity index (χ3v) is 5.81. The molecule has 1 aromatic rings. The van der Waals surface area contributed by atoms with Gasteiger partial charge in [-0.15, -0.1) is 0 Å². The molecule has 2 N–H and O–H groups in total. The summed E-state index contributed by atoms with van der Waals surface area (Å²) in [7, 11) is 2.14. The van der Waals surface area contributed by atoms with Crippen molar-refractivity contribution in [2.45, 2.75) is 38.5 Å². The van der Waals surface area contributed by atoms with E-state index in [0.717, 1.165) is 31.1 Å². The van der Waals surface area contributed by atoms with Crippen molar-refractivity contribution in [3.05, 3.63) is 34.9 Å². The molecule has 1 aliphatic heterocycles. The number of nitrogens with two attached hydrogens (primary N) is 1. The lowest BCUT2D eigenvalue weighted by molar-refractivity contribution is -0.162. The summed E-state index contributed by atoms with van der Waals surface area (Å²) < 4.78 is 5.86. The first-order chi connectivity index (χ1) is 9.84. The van der Waals surface area contributed by atoms with Gasteiger partial charge in [-0.2, -0.15) is 0 Å². The minimum absolute atomic E-state index is 0.0441. The van der Waals surface area contributed by atoms with E-state index < -0.39 is 0 Å². The molecule has 0 spiro atoms. The van der Waals surface area contributed by atoms with Gasteiger partial charge in [0.2, 0.25) is 0 Å². The van der Waals surface area contributed by atoms with E-state index >= 15 is 0 Å². The Hall–Kier alpha value is -0.610. The van der Waals surface area contributed by atoms with E-state index in [1.807, 2.05) is 12.1 Å². The summed E-state index contributed by atoms with van der Waals surface area (Å²) in [4.78, 5) is 2.32. The molecule has 1 aliphatic carbocycles. The van der Waals surface area contributed by atoms with E-state index in [9.17, 15) is 0 Å². The molecule has 2 fully saturated rings. The molecule has 116 valence electrons. The fourth-order valence-corrected chi connectivity index (χ4v) is 4.33. The van der Waals surface area contributed by atoms with Gasteiger partial charge in [-0.1, -0.05) is 37.6 Å². The number of fused-ring (bicyclic) bond motifs is 1. The van der Waals surface area contributed by atoms with Gasteiger partial charge in [0.1, 0.15) is 0 Å². The summed E-state index contributed by atoms with van der Waals surface area (Å²) in [6, 6.07) is 8.04. The van der Waals surface area contributed by atoms with Crippen LogP contribution in [0, 0.1) is 11.3 Å². The third kappa shape index (κ3) is 2.40. The molecule has 0 aromatic heterocycles. The second-order valence-corrected chi connectivity index (χ2v) is 7.68. The molecule has 2 aliphatic rings. The van der Waals surface area contributed by atoms with Crippen LogP contribution in [0.2, 0.25) is 5.02 Å². The van der Waals surface area contributed by atoms with Gasteiger partial charge in [-0.3, -0.25) is 0 Å². The number of hydrogen-bond donors (Lipinski definition) is 1. The molecule has 4 heteroatoms. The van der Waals surface area contributed by atoms with Crippen molar-refractivity contribution in [3.8, 4) is 0 Å². The normalized spacial score (nSPS) is 33.8. The summed E-state index contributed by atoms with van der Waals surface area (Å²) in [5.41, 5.74) is 7.95. The summed E-state index contributed by atoms with van der Waals surface area (Å²) >= 11 is 5.94. The SMILES string of the molecule is CN(Cc1ccc(Cl)cc1)CC1(N)C2CCOC2C1(C)C. The Morgan fingerprint density at radius 1 is 1.33 bits per heavy atom. The highest BCUT2D eigenvalue weighted by atomic mass is 35.5. The van der Waals surface area contributed by atoms with Gasteiger partial charge in [0, 0.05) is 41.6 Å². The van der Waals surface area contributed by atoms with E-state index in [1.54, 1.807) is 0 Å². The van der Waals surface area contributed by atoms with Gasteiger partial charge in [0.25, 0.3) is 0 Å². The van der Waals surface area contributed by atoms with Crippen LogP contribution in [0.4, 0.5) is 0 Å². The van der Waals surface area contributed by atoms with Crippen molar-refractivity contribution >= 4 is 11.6 Å². The van der Waals surface area contributed by atoms with Gasteiger partial charge >= 0.3 is 0 Å². The molecule has 1 saturated heterocycles. The minimum Gasteiger partial charge on any atom is -0.377 e. The fraction of sp³-hybridized carbons (Fsp3) is 0.647. The maximum Gasteiger partial charge on any atom is 0.0691 e. The molecule has 21 heavy (non-hydrogen) atoms. The second-order valence-electron chi connectivity index (χ2n) is 7.25. The van der Waals surface area contributed by atoms with Crippen molar-refractivity contribution in [2.24, 2.45) is 17.1 Å². The summed E-state index contributed by atoms with van der Waals surface area (Å²) in [5.74, 6) is 0.500. The van der Waals surface area contributed by atoms with Gasteiger partial charge < -0.3 is 15.4 Å². The molecule has 3 rings (SSSR count). The van der Waals surface area contributed by atoms with Gasteiger partial charge in [-0.25, -0.2) is 0 Å². The highest BCUT2D eigenvalue weighted by Crippen LogP contribution is 2.58. The van der Waals surface area contributed by atoms with Gasteiger partial charge in [-0.05, 0) is 31.2 Å². The zero-order chi connectivity index (χ0) is 15.3. The molecule has 1 heterocycles. The van der Waals surface area contributed by atoms with Crippen molar-refractivity contribution < 1.29 is 4.74 Å². The predicted molar refractivity (Wildman–Crippen MR) is 86.3 cm³/mol. The Kier molecular flexibility index (Phi) is 3.81. The van der Waals surface area contributed by atoms with Crippen LogP contribution in [0.3, 0.4) is 0 Å². The molecule has 1 saturated carbocycles. The first kappa shape index (κ1) is 15.3. The van der Waals surface area contributed by atoms with Crippen molar-refractivity contribution in [2.75, 3.05) is 20.2 Å². The van der Waals surface area contributed by atoms with Crippen molar-refractivity contribution in [1.82, 2.24) is 4.90 Å². The molecular weight excluding hydrogens is 284 g/mol. The van der Waals surface area contributed by atoms with Crippen LogP contribution in [-0.4, -0.2) is 36.7 Å². The van der Waals surface area contributed by atoms with E-state index in [1.165, 1.54) is 5.56 Å². The molecule has 3 unspecified atom stereocenters. The van der Waals surface area contributed by atoms with E-state index in [4.69, 9.17) is 22.1 Å². The number of halogens is 1. The zero-order valence-electron chi connectivity index (χ0n) is 13.1. The lowest BCUT2D eigenvalue weighted by Gasteiger charge is -2.63. The number of ether oxygens (including phenoxy) is 1. The average molecular weight is 309 g/mol. The lowest BCUT2D eigenvalue weighted by Crippen LogP contribution is -2.77. The Bertz CT molecular complexity index is 516. The zero-order valence-corrected chi connectivity index (χ0v) is 13.9. The molecule has 1 aromatic carbocycles. The first-order valence-electron chi connectivity index (χ1n) is 7.68. The third-order valence-electron chi connectivity index (χ3n) is 5.56. The van der Waals surface area contributed by atoms with Gasteiger partial charge in [0.05, 0.1) is 6.10 Å². The maximum atomic E-state index is 6.80.